The highest BCUT2D eigenvalue weighted by Crippen LogP contribution is 2.49. The van der Waals surface area contributed by atoms with E-state index in [9.17, 15) is 10.1 Å². The average molecular weight is 213 g/mol. The lowest BCUT2D eigenvalue weighted by Gasteiger charge is -2.26. The fourth-order valence-corrected chi connectivity index (χ4v) is 2.39. The number of carbonyl (C=O) groups excluding carboxylic acids is 1. The molecule has 0 amide bonds. The van der Waals surface area contributed by atoms with Gasteiger partial charge in [0.2, 0.25) is 0 Å². The maximum atomic E-state index is 10.5. The molecule has 1 aliphatic rings. The lowest BCUT2D eigenvalue weighted by Crippen LogP contribution is -2.27. The van der Waals surface area contributed by atoms with Crippen LogP contribution in [0.1, 0.15) is 31.2 Å². The van der Waals surface area contributed by atoms with Crippen molar-refractivity contribution in [3.63, 3.8) is 0 Å². The summed E-state index contributed by atoms with van der Waals surface area (Å²) in [6.07, 6.45) is 4.26. The predicted octanol–water partition coefficient (Wildman–Crippen LogP) is 2.84. The molecule has 2 heteroatoms. The third kappa shape index (κ3) is 1.86. The van der Waals surface area contributed by atoms with Crippen LogP contribution in [0.5, 0.6) is 0 Å². The highest BCUT2D eigenvalue weighted by molar-refractivity contribution is 5.50. The molecular formula is C14H15NO. The maximum absolute atomic E-state index is 10.5. The summed E-state index contributed by atoms with van der Waals surface area (Å²) in [5.41, 5.74) is 0.643. The van der Waals surface area contributed by atoms with E-state index < -0.39 is 5.41 Å². The zero-order valence-corrected chi connectivity index (χ0v) is 9.23. The molecule has 0 spiro atoms. The highest BCUT2D eigenvalue weighted by Gasteiger charge is 2.46. The number of hydrogen-bond acceptors (Lipinski definition) is 2. The van der Waals surface area contributed by atoms with Crippen LogP contribution in [0, 0.1) is 17.2 Å². The highest BCUT2D eigenvalue weighted by atomic mass is 16.1. The van der Waals surface area contributed by atoms with Gasteiger partial charge >= 0.3 is 0 Å². The van der Waals surface area contributed by atoms with Crippen molar-refractivity contribution in [2.75, 3.05) is 0 Å². The van der Waals surface area contributed by atoms with E-state index in [4.69, 9.17) is 0 Å². The Morgan fingerprint density at radius 2 is 2.06 bits per heavy atom. The van der Waals surface area contributed by atoms with E-state index in [2.05, 4.69) is 6.07 Å². The lowest BCUT2D eigenvalue weighted by atomic mass is 9.74. The maximum Gasteiger partial charge on any atom is 0.120 e. The molecule has 1 aromatic carbocycles. The molecule has 1 fully saturated rings. The van der Waals surface area contributed by atoms with Gasteiger partial charge in [-0.1, -0.05) is 30.3 Å². The van der Waals surface area contributed by atoms with Gasteiger partial charge in [0.1, 0.15) is 6.29 Å². The number of benzene rings is 1. The number of hydrogen-bond donors (Lipinski definition) is 0. The summed E-state index contributed by atoms with van der Waals surface area (Å²) in [5, 5.41) is 9.50. The second kappa shape index (κ2) is 4.49. The topological polar surface area (TPSA) is 40.9 Å². The summed E-state index contributed by atoms with van der Waals surface area (Å²) in [7, 11) is 0. The number of nitriles is 1. The molecule has 1 aliphatic carbocycles. The Labute approximate surface area is 95.9 Å². The van der Waals surface area contributed by atoms with Gasteiger partial charge in [0, 0.05) is 6.42 Å². The molecule has 0 saturated heterocycles. The predicted molar refractivity (Wildman–Crippen MR) is 61.8 cm³/mol. The van der Waals surface area contributed by atoms with Gasteiger partial charge in [0.25, 0.3) is 0 Å². The first-order valence-electron chi connectivity index (χ1n) is 5.74. The standard InChI is InChI=1S/C14H15NO/c15-11-14(9-4-10-16,13-7-8-13)12-5-2-1-3-6-12/h1-3,5-6,10,13H,4,7-9H2. The molecule has 0 bridgehead atoms. The van der Waals surface area contributed by atoms with E-state index in [-0.39, 0.29) is 0 Å². The minimum Gasteiger partial charge on any atom is -0.303 e. The van der Waals surface area contributed by atoms with E-state index in [1.807, 2.05) is 30.3 Å². The van der Waals surface area contributed by atoms with Gasteiger partial charge in [0.15, 0.2) is 0 Å². The minimum absolute atomic E-state index is 0.428. The van der Waals surface area contributed by atoms with Gasteiger partial charge in [-0.3, -0.25) is 0 Å². The third-order valence-corrected chi connectivity index (χ3v) is 3.42. The van der Waals surface area contributed by atoms with Crippen LogP contribution in [-0.2, 0) is 10.2 Å². The summed E-state index contributed by atoms with van der Waals surface area (Å²) < 4.78 is 0. The first kappa shape index (κ1) is 10.9. The fourth-order valence-electron chi connectivity index (χ4n) is 2.39. The zero-order chi connectivity index (χ0) is 11.4. The molecule has 0 aromatic heterocycles. The number of aldehydes is 1. The third-order valence-electron chi connectivity index (χ3n) is 3.42. The van der Waals surface area contributed by atoms with Crippen LogP contribution in [0.4, 0.5) is 0 Å². The van der Waals surface area contributed by atoms with E-state index in [1.54, 1.807) is 0 Å². The Balaban J connectivity index is 2.33. The van der Waals surface area contributed by atoms with Crippen molar-refractivity contribution >= 4 is 6.29 Å². The van der Waals surface area contributed by atoms with Crippen molar-refractivity contribution < 1.29 is 4.79 Å². The van der Waals surface area contributed by atoms with Crippen molar-refractivity contribution in [2.45, 2.75) is 31.1 Å². The summed E-state index contributed by atoms with van der Waals surface area (Å²) in [4.78, 5) is 10.5. The van der Waals surface area contributed by atoms with Crippen LogP contribution in [0.15, 0.2) is 30.3 Å². The first-order valence-corrected chi connectivity index (χ1v) is 5.74. The first-order chi connectivity index (χ1) is 7.83. The molecule has 82 valence electrons. The number of rotatable bonds is 5. The zero-order valence-electron chi connectivity index (χ0n) is 9.23. The molecule has 2 rings (SSSR count). The monoisotopic (exact) mass is 213 g/mol. The van der Waals surface area contributed by atoms with Gasteiger partial charge in [-0.2, -0.15) is 5.26 Å². The Morgan fingerprint density at radius 1 is 1.38 bits per heavy atom. The average Bonchev–Trinajstić information content (AvgIpc) is 3.17. The van der Waals surface area contributed by atoms with Crippen LogP contribution in [-0.4, -0.2) is 6.29 Å². The van der Waals surface area contributed by atoms with Gasteiger partial charge in [-0.15, -0.1) is 0 Å². The summed E-state index contributed by atoms with van der Waals surface area (Å²) in [6, 6.07) is 12.4. The Kier molecular flexibility index (Phi) is 3.05. The summed E-state index contributed by atoms with van der Waals surface area (Å²) in [5.74, 6) is 0.444. The van der Waals surface area contributed by atoms with Crippen molar-refractivity contribution in [1.29, 1.82) is 5.26 Å². The molecule has 1 saturated carbocycles. The van der Waals surface area contributed by atoms with Crippen molar-refractivity contribution in [2.24, 2.45) is 5.92 Å². The van der Waals surface area contributed by atoms with Crippen LogP contribution in [0.2, 0.25) is 0 Å². The van der Waals surface area contributed by atoms with Gasteiger partial charge in [0.05, 0.1) is 11.5 Å². The van der Waals surface area contributed by atoms with Gasteiger partial charge in [-0.05, 0) is 30.7 Å². The fraction of sp³-hybridized carbons (Fsp3) is 0.429. The quantitative estimate of drug-likeness (QED) is 0.706. The molecule has 2 nitrogen and oxygen atoms in total. The van der Waals surface area contributed by atoms with E-state index in [1.165, 1.54) is 0 Å². The van der Waals surface area contributed by atoms with Crippen molar-refractivity contribution in [1.82, 2.24) is 0 Å². The summed E-state index contributed by atoms with van der Waals surface area (Å²) >= 11 is 0. The molecule has 1 unspecified atom stereocenters. The molecule has 0 aliphatic heterocycles. The minimum atomic E-state index is -0.428. The smallest absolute Gasteiger partial charge is 0.120 e. The second-order valence-electron chi connectivity index (χ2n) is 4.43. The van der Waals surface area contributed by atoms with Crippen LogP contribution >= 0.6 is 0 Å². The number of carbonyl (C=O) groups is 1. The van der Waals surface area contributed by atoms with Crippen LogP contribution < -0.4 is 0 Å². The lowest BCUT2D eigenvalue weighted by molar-refractivity contribution is -0.108. The molecule has 0 N–H and O–H groups in total. The molecule has 16 heavy (non-hydrogen) atoms. The van der Waals surface area contributed by atoms with Crippen molar-refractivity contribution in [3.8, 4) is 6.07 Å². The summed E-state index contributed by atoms with van der Waals surface area (Å²) in [6.45, 7) is 0. The number of nitrogens with zero attached hydrogens (tertiary/aromatic N) is 1. The van der Waals surface area contributed by atoms with E-state index in [0.29, 0.717) is 18.8 Å². The van der Waals surface area contributed by atoms with Gasteiger partial charge < -0.3 is 4.79 Å². The molecule has 0 heterocycles. The van der Waals surface area contributed by atoms with Gasteiger partial charge in [-0.25, -0.2) is 0 Å². The van der Waals surface area contributed by atoms with Crippen molar-refractivity contribution in [3.05, 3.63) is 35.9 Å². The Hall–Kier alpha value is -1.62. The van der Waals surface area contributed by atoms with E-state index >= 15 is 0 Å². The molecular weight excluding hydrogens is 198 g/mol. The van der Waals surface area contributed by atoms with E-state index in [0.717, 1.165) is 24.7 Å². The second-order valence-corrected chi connectivity index (χ2v) is 4.43. The van der Waals surface area contributed by atoms with Crippen LogP contribution in [0.3, 0.4) is 0 Å². The normalized spacial score (nSPS) is 18.4. The molecule has 0 radical (unpaired) electrons. The SMILES string of the molecule is N#CC(CCC=O)(c1ccccc1)C1CC1. The largest absolute Gasteiger partial charge is 0.303 e. The Bertz CT molecular complexity index is 402. The Morgan fingerprint density at radius 3 is 2.56 bits per heavy atom. The molecule has 1 aromatic rings. The van der Waals surface area contributed by atoms with Crippen LogP contribution in [0.25, 0.3) is 0 Å². The molecule has 1 atom stereocenters.